The summed E-state index contributed by atoms with van der Waals surface area (Å²) in [6.07, 6.45) is 6.49. The number of carbonyl (C=O) groups excluding carboxylic acids is 1. The van der Waals surface area contributed by atoms with E-state index in [-0.39, 0.29) is 5.91 Å². The van der Waals surface area contributed by atoms with E-state index in [0.717, 1.165) is 29.7 Å². The van der Waals surface area contributed by atoms with Gasteiger partial charge in [0.15, 0.2) is 0 Å². The van der Waals surface area contributed by atoms with Crippen LogP contribution in [0.4, 0.5) is 0 Å². The summed E-state index contributed by atoms with van der Waals surface area (Å²) in [6.45, 7) is 3.52. The van der Waals surface area contributed by atoms with Crippen LogP contribution in [-0.4, -0.2) is 49.7 Å². The van der Waals surface area contributed by atoms with Crippen LogP contribution in [0.15, 0.2) is 41.3 Å². The minimum absolute atomic E-state index is 0.0689. The van der Waals surface area contributed by atoms with Gasteiger partial charge in [-0.15, -0.1) is 11.3 Å². The topological polar surface area (TPSA) is 57.7 Å². The second kappa shape index (κ2) is 7.81. The van der Waals surface area contributed by atoms with Gasteiger partial charge in [0, 0.05) is 42.0 Å². The molecule has 2 aliphatic rings. The predicted octanol–water partition coefficient (Wildman–Crippen LogP) is 3.09. The molecule has 1 fully saturated rings. The molecule has 0 saturated carbocycles. The standard InChI is InChI=1S/C21H24N2O3S2/c1-16-5-7-19(27-16)8-10-21(24)22-11-13-23(14-12-22)28(25,26)20-9-6-17-3-2-4-18(17)15-20/h5-10,15H,2-4,11-14H2,1H3/b10-8+. The first kappa shape index (κ1) is 19.4. The molecule has 1 aliphatic carbocycles. The highest BCUT2D eigenvalue weighted by atomic mass is 32.2. The quantitative estimate of drug-likeness (QED) is 0.720. The third-order valence-electron chi connectivity index (χ3n) is 5.41. The molecule has 1 aliphatic heterocycles. The molecular weight excluding hydrogens is 392 g/mol. The van der Waals surface area contributed by atoms with Crippen molar-refractivity contribution in [2.75, 3.05) is 26.2 Å². The van der Waals surface area contributed by atoms with Gasteiger partial charge in [-0.1, -0.05) is 6.07 Å². The van der Waals surface area contributed by atoms with Crippen LogP contribution in [0.25, 0.3) is 6.08 Å². The number of thiophene rings is 1. The average Bonchev–Trinajstić information content (AvgIpc) is 3.34. The minimum Gasteiger partial charge on any atom is -0.337 e. The number of hydrogen-bond acceptors (Lipinski definition) is 4. The fourth-order valence-electron chi connectivity index (χ4n) is 3.81. The zero-order chi connectivity index (χ0) is 19.7. The molecule has 0 radical (unpaired) electrons. The van der Waals surface area contributed by atoms with Crippen molar-refractivity contribution in [2.24, 2.45) is 0 Å². The number of hydrogen-bond donors (Lipinski definition) is 0. The van der Waals surface area contributed by atoms with Crippen molar-refractivity contribution < 1.29 is 13.2 Å². The molecule has 0 atom stereocenters. The number of piperazine rings is 1. The SMILES string of the molecule is Cc1ccc(/C=C/C(=O)N2CCN(S(=O)(=O)c3ccc4c(c3)CCC4)CC2)s1. The molecule has 1 amide bonds. The molecule has 1 saturated heterocycles. The summed E-state index contributed by atoms with van der Waals surface area (Å²) in [5.41, 5.74) is 2.42. The van der Waals surface area contributed by atoms with Crippen molar-refractivity contribution in [3.63, 3.8) is 0 Å². The molecule has 148 valence electrons. The first-order chi connectivity index (χ1) is 13.4. The number of fused-ring (bicyclic) bond motifs is 1. The van der Waals surface area contributed by atoms with E-state index in [9.17, 15) is 13.2 Å². The smallest absolute Gasteiger partial charge is 0.246 e. The summed E-state index contributed by atoms with van der Waals surface area (Å²) in [7, 11) is -3.51. The van der Waals surface area contributed by atoms with E-state index >= 15 is 0 Å². The fraction of sp³-hybridized carbons (Fsp3) is 0.381. The maximum absolute atomic E-state index is 13.0. The highest BCUT2D eigenvalue weighted by Crippen LogP contribution is 2.26. The van der Waals surface area contributed by atoms with Gasteiger partial charge in [-0.3, -0.25) is 4.79 Å². The van der Waals surface area contributed by atoms with Crippen LogP contribution in [0.3, 0.4) is 0 Å². The Bertz CT molecular complexity index is 1020. The van der Waals surface area contributed by atoms with Gasteiger partial charge in [-0.05, 0) is 67.7 Å². The van der Waals surface area contributed by atoms with Crippen molar-refractivity contribution in [3.05, 3.63) is 57.3 Å². The fourth-order valence-corrected chi connectivity index (χ4v) is 6.06. The summed E-state index contributed by atoms with van der Waals surface area (Å²) in [5.74, 6) is -0.0689. The number of carbonyl (C=O) groups is 1. The van der Waals surface area contributed by atoms with E-state index in [2.05, 4.69) is 0 Å². The lowest BCUT2D eigenvalue weighted by Crippen LogP contribution is -2.50. The lowest BCUT2D eigenvalue weighted by molar-refractivity contribution is -0.127. The number of sulfonamides is 1. The van der Waals surface area contributed by atoms with E-state index in [4.69, 9.17) is 0 Å². The van der Waals surface area contributed by atoms with E-state index < -0.39 is 10.0 Å². The van der Waals surface area contributed by atoms with Gasteiger partial charge in [0.25, 0.3) is 0 Å². The minimum atomic E-state index is -3.51. The molecule has 7 heteroatoms. The first-order valence-corrected chi connectivity index (χ1v) is 11.8. The Labute approximate surface area is 170 Å². The van der Waals surface area contributed by atoms with Crippen LogP contribution in [0.5, 0.6) is 0 Å². The molecule has 1 aromatic carbocycles. The molecule has 5 nitrogen and oxygen atoms in total. The highest BCUT2D eigenvalue weighted by Gasteiger charge is 2.30. The number of benzene rings is 1. The largest absolute Gasteiger partial charge is 0.337 e. The Morgan fingerprint density at radius 3 is 2.50 bits per heavy atom. The van der Waals surface area contributed by atoms with Crippen LogP contribution in [0, 0.1) is 6.92 Å². The van der Waals surface area contributed by atoms with Crippen molar-refractivity contribution >= 4 is 33.3 Å². The van der Waals surface area contributed by atoms with Crippen LogP contribution >= 0.6 is 11.3 Å². The molecule has 4 rings (SSSR count). The maximum Gasteiger partial charge on any atom is 0.246 e. The van der Waals surface area contributed by atoms with Gasteiger partial charge in [0.1, 0.15) is 0 Å². The Morgan fingerprint density at radius 2 is 1.79 bits per heavy atom. The predicted molar refractivity (Wildman–Crippen MR) is 112 cm³/mol. The van der Waals surface area contributed by atoms with Crippen molar-refractivity contribution in [1.82, 2.24) is 9.21 Å². The molecular formula is C21H24N2O3S2. The van der Waals surface area contributed by atoms with Crippen LogP contribution in [-0.2, 0) is 27.7 Å². The van der Waals surface area contributed by atoms with Crippen LogP contribution in [0.1, 0.15) is 27.3 Å². The monoisotopic (exact) mass is 416 g/mol. The number of aryl methyl sites for hydroxylation is 3. The summed E-state index contributed by atoms with van der Waals surface area (Å²) in [4.78, 5) is 16.7. The van der Waals surface area contributed by atoms with Crippen molar-refractivity contribution in [2.45, 2.75) is 31.1 Å². The Kier molecular flexibility index (Phi) is 5.40. The van der Waals surface area contributed by atoms with E-state index in [1.165, 1.54) is 14.7 Å². The Hall–Kier alpha value is -1.96. The number of rotatable bonds is 4. The normalized spacial score (nSPS) is 18.0. The molecule has 0 N–H and O–H groups in total. The maximum atomic E-state index is 13.0. The number of nitrogens with zero attached hydrogens (tertiary/aromatic N) is 2. The lowest BCUT2D eigenvalue weighted by atomic mass is 10.1. The van der Waals surface area contributed by atoms with Gasteiger partial charge in [-0.25, -0.2) is 8.42 Å². The van der Waals surface area contributed by atoms with Gasteiger partial charge < -0.3 is 4.90 Å². The average molecular weight is 417 g/mol. The first-order valence-electron chi connectivity index (χ1n) is 9.59. The van der Waals surface area contributed by atoms with Gasteiger partial charge in [0.05, 0.1) is 4.90 Å². The van der Waals surface area contributed by atoms with Gasteiger partial charge in [0.2, 0.25) is 15.9 Å². The van der Waals surface area contributed by atoms with Crippen molar-refractivity contribution in [1.29, 1.82) is 0 Å². The second-order valence-corrected chi connectivity index (χ2v) is 10.6. The summed E-state index contributed by atoms with van der Waals surface area (Å²) >= 11 is 1.64. The molecule has 0 bridgehead atoms. The summed E-state index contributed by atoms with van der Waals surface area (Å²) in [6, 6.07) is 9.53. The summed E-state index contributed by atoms with van der Waals surface area (Å²) < 4.78 is 27.5. The van der Waals surface area contributed by atoms with Crippen LogP contribution < -0.4 is 0 Å². The molecule has 1 aromatic heterocycles. The Balaban J connectivity index is 1.39. The molecule has 28 heavy (non-hydrogen) atoms. The van der Waals surface area contributed by atoms with E-state index in [1.54, 1.807) is 28.4 Å². The zero-order valence-electron chi connectivity index (χ0n) is 15.9. The summed E-state index contributed by atoms with van der Waals surface area (Å²) in [5, 5.41) is 0. The third-order valence-corrected chi connectivity index (χ3v) is 8.27. The molecule has 2 heterocycles. The molecule has 0 unspecified atom stereocenters. The van der Waals surface area contributed by atoms with Crippen molar-refractivity contribution in [3.8, 4) is 0 Å². The van der Waals surface area contributed by atoms with Crippen LogP contribution in [0.2, 0.25) is 0 Å². The van der Waals surface area contributed by atoms with Gasteiger partial charge in [-0.2, -0.15) is 4.31 Å². The van der Waals surface area contributed by atoms with E-state index in [0.29, 0.717) is 31.1 Å². The number of amides is 1. The molecule has 0 spiro atoms. The second-order valence-electron chi connectivity index (χ2n) is 7.30. The highest BCUT2D eigenvalue weighted by molar-refractivity contribution is 7.89. The molecule has 2 aromatic rings. The lowest BCUT2D eigenvalue weighted by Gasteiger charge is -2.33. The third kappa shape index (κ3) is 3.92. The Morgan fingerprint density at radius 1 is 1.04 bits per heavy atom. The van der Waals surface area contributed by atoms with Gasteiger partial charge >= 0.3 is 0 Å². The zero-order valence-corrected chi connectivity index (χ0v) is 17.6. The van der Waals surface area contributed by atoms with E-state index in [1.807, 2.05) is 37.3 Å².